The molecule has 1 spiro atoms. The van der Waals surface area contributed by atoms with Crippen molar-refractivity contribution >= 4 is 23.2 Å². The van der Waals surface area contributed by atoms with E-state index in [1.54, 1.807) is 30.2 Å². The fourth-order valence-electron chi connectivity index (χ4n) is 5.23. The maximum atomic E-state index is 13.6. The number of carbonyl (C=O) groups is 2. The number of para-hydroxylation sites is 2. The Morgan fingerprint density at radius 3 is 2.35 bits per heavy atom. The van der Waals surface area contributed by atoms with Crippen LogP contribution in [0.2, 0.25) is 0 Å². The predicted molar refractivity (Wildman–Crippen MR) is 124 cm³/mol. The Hall–Kier alpha value is -3.72. The average Bonchev–Trinajstić information content (AvgIpc) is 3.51. The van der Waals surface area contributed by atoms with Gasteiger partial charge in [0.05, 0.1) is 58.6 Å². The number of anilines is 2. The molecule has 3 heterocycles. The Morgan fingerprint density at radius 2 is 1.71 bits per heavy atom. The van der Waals surface area contributed by atoms with Crippen molar-refractivity contribution in [1.82, 2.24) is 0 Å². The lowest BCUT2D eigenvalue weighted by Crippen LogP contribution is -2.41. The number of nitrogens with zero attached hydrogens (tertiary/aromatic N) is 1. The summed E-state index contributed by atoms with van der Waals surface area (Å²) in [6.07, 6.45) is 3.31. The van der Waals surface area contributed by atoms with E-state index < -0.39 is 23.5 Å². The zero-order chi connectivity index (χ0) is 24.0. The molecule has 2 aromatic carbocycles. The van der Waals surface area contributed by atoms with Crippen LogP contribution in [0.3, 0.4) is 0 Å². The van der Waals surface area contributed by atoms with Crippen molar-refractivity contribution in [3.63, 3.8) is 0 Å². The minimum absolute atomic E-state index is 0.165. The molecule has 2 bridgehead atoms. The SMILES string of the molecule is COc1ccccc1N1C[C@@]23C=C[C@@H](O2)[C@@H](C(=O)Nc2cc(OC)c(OC)c(OC)c2)[C@H]3C1=O. The maximum absolute atomic E-state index is 13.6. The van der Waals surface area contributed by atoms with Gasteiger partial charge in [0.25, 0.3) is 0 Å². The maximum Gasteiger partial charge on any atom is 0.234 e. The molecule has 2 amide bonds. The molecule has 9 heteroatoms. The van der Waals surface area contributed by atoms with Crippen molar-refractivity contribution in [1.29, 1.82) is 0 Å². The summed E-state index contributed by atoms with van der Waals surface area (Å²) in [7, 11) is 6.08. The third kappa shape index (κ3) is 3.19. The molecule has 0 aromatic heterocycles. The molecule has 0 radical (unpaired) electrons. The second-order valence-corrected chi connectivity index (χ2v) is 8.40. The normalized spacial score (nSPS) is 26.4. The monoisotopic (exact) mass is 466 g/mol. The molecule has 0 aliphatic carbocycles. The summed E-state index contributed by atoms with van der Waals surface area (Å²) in [4.78, 5) is 28.7. The molecule has 178 valence electrons. The molecule has 5 rings (SSSR count). The fraction of sp³-hybridized carbons (Fsp3) is 0.360. The first-order chi connectivity index (χ1) is 16.5. The molecule has 3 aliphatic rings. The molecule has 34 heavy (non-hydrogen) atoms. The van der Waals surface area contributed by atoms with Crippen molar-refractivity contribution in [2.75, 3.05) is 45.2 Å². The Morgan fingerprint density at radius 1 is 1.03 bits per heavy atom. The first kappa shape index (κ1) is 22.1. The molecule has 0 unspecified atom stereocenters. The summed E-state index contributed by atoms with van der Waals surface area (Å²) >= 11 is 0. The topological polar surface area (TPSA) is 95.6 Å². The lowest BCUT2D eigenvalue weighted by Gasteiger charge is -2.24. The van der Waals surface area contributed by atoms with E-state index >= 15 is 0 Å². The largest absolute Gasteiger partial charge is 0.495 e. The first-order valence-electron chi connectivity index (χ1n) is 10.9. The van der Waals surface area contributed by atoms with Crippen molar-refractivity contribution in [2.45, 2.75) is 11.7 Å². The number of fused-ring (bicyclic) bond motifs is 1. The van der Waals surface area contributed by atoms with E-state index in [4.69, 9.17) is 23.7 Å². The lowest BCUT2D eigenvalue weighted by atomic mass is 9.76. The molecule has 2 aromatic rings. The first-order valence-corrected chi connectivity index (χ1v) is 10.9. The highest BCUT2D eigenvalue weighted by atomic mass is 16.5. The van der Waals surface area contributed by atoms with E-state index in [1.807, 2.05) is 30.4 Å². The Labute approximate surface area is 197 Å². The van der Waals surface area contributed by atoms with Gasteiger partial charge in [-0.05, 0) is 12.1 Å². The number of amides is 2. The van der Waals surface area contributed by atoms with Gasteiger partial charge in [-0.3, -0.25) is 9.59 Å². The molecule has 0 saturated carbocycles. The zero-order valence-corrected chi connectivity index (χ0v) is 19.4. The van der Waals surface area contributed by atoms with Crippen LogP contribution in [0.1, 0.15) is 0 Å². The van der Waals surface area contributed by atoms with Crippen LogP contribution in [0.5, 0.6) is 23.0 Å². The summed E-state index contributed by atoms with van der Waals surface area (Å²) < 4.78 is 27.8. The van der Waals surface area contributed by atoms with Crippen LogP contribution in [-0.4, -0.2) is 58.5 Å². The highest BCUT2D eigenvalue weighted by molar-refractivity contribution is 6.06. The standard InChI is InChI=1S/C25H26N2O7/c1-30-16-8-6-5-7-15(16)27-13-25-10-9-17(34-25)20(21(25)24(27)29)23(28)26-14-11-18(31-2)22(33-4)19(12-14)32-3/h5-12,17,20-21H,13H2,1-4H3,(H,26,28)/t17-,20-,21+,25-/m1/s1. The predicted octanol–water partition coefficient (Wildman–Crippen LogP) is 2.65. The number of hydrogen-bond donors (Lipinski definition) is 1. The highest BCUT2D eigenvalue weighted by Gasteiger charge is 2.67. The quantitative estimate of drug-likeness (QED) is 0.627. The summed E-state index contributed by atoms with van der Waals surface area (Å²) in [6.45, 7) is 0.317. The van der Waals surface area contributed by atoms with E-state index in [-0.39, 0.29) is 11.8 Å². The van der Waals surface area contributed by atoms with Crippen LogP contribution in [-0.2, 0) is 14.3 Å². The second-order valence-electron chi connectivity index (χ2n) is 8.40. The van der Waals surface area contributed by atoms with Crippen molar-refractivity contribution in [3.05, 3.63) is 48.6 Å². The molecule has 1 N–H and O–H groups in total. The number of ether oxygens (including phenoxy) is 5. The van der Waals surface area contributed by atoms with Crippen LogP contribution in [0, 0.1) is 11.8 Å². The molecule has 2 fully saturated rings. The van der Waals surface area contributed by atoms with Gasteiger partial charge in [-0.25, -0.2) is 0 Å². The molecule has 3 aliphatic heterocycles. The van der Waals surface area contributed by atoms with Crippen LogP contribution in [0.25, 0.3) is 0 Å². The van der Waals surface area contributed by atoms with Gasteiger partial charge in [0.15, 0.2) is 11.5 Å². The minimum Gasteiger partial charge on any atom is -0.495 e. The van der Waals surface area contributed by atoms with Crippen LogP contribution in [0.4, 0.5) is 11.4 Å². The van der Waals surface area contributed by atoms with Gasteiger partial charge >= 0.3 is 0 Å². The van der Waals surface area contributed by atoms with Crippen LogP contribution < -0.4 is 29.2 Å². The number of rotatable bonds is 7. The van der Waals surface area contributed by atoms with Crippen LogP contribution >= 0.6 is 0 Å². The van der Waals surface area contributed by atoms with Gasteiger partial charge in [0, 0.05) is 17.8 Å². The van der Waals surface area contributed by atoms with Crippen LogP contribution in [0.15, 0.2) is 48.6 Å². The van der Waals surface area contributed by atoms with Gasteiger partial charge in [-0.15, -0.1) is 0 Å². The van der Waals surface area contributed by atoms with Crippen molar-refractivity contribution in [3.8, 4) is 23.0 Å². The Bertz CT molecular complexity index is 1150. The number of carbonyl (C=O) groups excluding carboxylic acids is 2. The van der Waals surface area contributed by atoms with E-state index in [9.17, 15) is 9.59 Å². The summed E-state index contributed by atoms with van der Waals surface area (Å²) in [5.41, 5.74) is 0.273. The summed E-state index contributed by atoms with van der Waals surface area (Å²) in [6, 6.07) is 10.6. The van der Waals surface area contributed by atoms with Gasteiger partial charge < -0.3 is 33.9 Å². The van der Waals surface area contributed by atoms with E-state index in [0.717, 1.165) is 0 Å². The van der Waals surface area contributed by atoms with Gasteiger partial charge in [0.1, 0.15) is 11.4 Å². The number of benzene rings is 2. The number of nitrogens with one attached hydrogen (secondary N) is 1. The summed E-state index contributed by atoms with van der Waals surface area (Å²) in [5.74, 6) is 0.0302. The van der Waals surface area contributed by atoms with Crippen molar-refractivity contribution < 1.29 is 33.3 Å². The Kier molecular flexibility index (Phi) is 5.36. The summed E-state index contributed by atoms with van der Waals surface area (Å²) in [5, 5.41) is 2.91. The zero-order valence-electron chi connectivity index (χ0n) is 19.4. The van der Waals surface area contributed by atoms with E-state index in [0.29, 0.717) is 40.9 Å². The number of hydrogen-bond acceptors (Lipinski definition) is 7. The second kappa shape index (κ2) is 8.25. The molecule has 4 atom stereocenters. The Balaban J connectivity index is 1.44. The van der Waals surface area contributed by atoms with Gasteiger partial charge in [-0.2, -0.15) is 0 Å². The lowest BCUT2D eigenvalue weighted by molar-refractivity contribution is -0.128. The van der Waals surface area contributed by atoms with E-state index in [1.165, 1.54) is 21.3 Å². The van der Waals surface area contributed by atoms with Gasteiger partial charge in [0.2, 0.25) is 17.6 Å². The third-order valence-electron chi connectivity index (χ3n) is 6.71. The highest BCUT2D eigenvalue weighted by Crippen LogP contribution is 2.53. The molecular formula is C25H26N2O7. The number of methoxy groups -OCH3 is 4. The fourth-order valence-corrected chi connectivity index (χ4v) is 5.23. The third-order valence-corrected chi connectivity index (χ3v) is 6.71. The molecule has 2 saturated heterocycles. The average molecular weight is 466 g/mol. The van der Waals surface area contributed by atoms with E-state index in [2.05, 4.69) is 5.32 Å². The molecule has 9 nitrogen and oxygen atoms in total. The molecular weight excluding hydrogens is 440 g/mol. The minimum atomic E-state index is -0.847. The smallest absolute Gasteiger partial charge is 0.234 e. The van der Waals surface area contributed by atoms with Gasteiger partial charge in [-0.1, -0.05) is 24.3 Å². The van der Waals surface area contributed by atoms with Crippen molar-refractivity contribution in [2.24, 2.45) is 11.8 Å².